The molecule has 2 unspecified atom stereocenters. The number of ether oxygens (including phenoxy) is 6. The second-order valence-electron chi connectivity index (χ2n) is 14.3. The number of likely N-dealkylation sites (tertiary alicyclic amines) is 2. The zero-order chi connectivity index (χ0) is 40.7. The number of anilines is 1. The van der Waals surface area contributed by atoms with Gasteiger partial charge < -0.3 is 48.1 Å². The molecule has 0 saturated carbocycles. The van der Waals surface area contributed by atoms with Crippen LogP contribution in [-0.2, 0) is 31.0 Å². The summed E-state index contributed by atoms with van der Waals surface area (Å²) in [6.07, 6.45) is 2.51. The fourth-order valence-electron chi connectivity index (χ4n) is 8.13. The smallest absolute Gasteiger partial charge is 0.266 e. The number of nitrogens with one attached hydrogen (secondary N) is 1. The van der Waals surface area contributed by atoms with Crippen LogP contribution in [0, 0.1) is 0 Å². The highest BCUT2D eigenvalue weighted by Gasteiger charge is 2.53. The van der Waals surface area contributed by atoms with Gasteiger partial charge in [0.25, 0.3) is 16.0 Å². The Balaban J connectivity index is 1.27. The third kappa shape index (κ3) is 9.03. The highest BCUT2D eigenvalue weighted by atomic mass is 32.2. The number of imidazole rings is 1. The van der Waals surface area contributed by atoms with Crippen molar-refractivity contribution >= 4 is 33.0 Å². The first kappa shape index (κ1) is 41.9. The zero-order valence-corrected chi connectivity index (χ0v) is 34.7. The van der Waals surface area contributed by atoms with Crippen molar-refractivity contribution in [3.05, 3.63) is 65.7 Å². The maximum Gasteiger partial charge on any atom is 0.266 e. The van der Waals surface area contributed by atoms with Crippen LogP contribution in [0.5, 0.6) is 28.7 Å². The maximum absolute atomic E-state index is 14.5. The largest absolute Gasteiger partial charge is 0.493 e. The van der Waals surface area contributed by atoms with Gasteiger partial charge in [-0.15, -0.1) is 0 Å². The lowest BCUT2D eigenvalue weighted by atomic mass is 9.75. The van der Waals surface area contributed by atoms with Crippen molar-refractivity contribution in [1.29, 1.82) is 0 Å². The number of hydrogen-bond acceptors (Lipinski definition) is 13. The number of nitrogens with zero attached hydrogens (tertiary/aromatic N) is 4. The lowest BCUT2D eigenvalue weighted by molar-refractivity contribution is 0.0138. The van der Waals surface area contributed by atoms with Crippen molar-refractivity contribution in [2.45, 2.75) is 56.8 Å². The van der Waals surface area contributed by atoms with Gasteiger partial charge in [-0.1, -0.05) is 18.2 Å². The van der Waals surface area contributed by atoms with Crippen molar-refractivity contribution in [2.75, 3.05) is 86.5 Å². The third-order valence-electron chi connectivity index (χ3n) is 11.1. The third-order valence-corrected chi connectivity index (χ3v) is 11.6. The Morgan fingerprint density at radius 3 is 2.18 bits per heavy atom. The Labute approximate surface area is 335 Å². The fraction of sp³-hybridized carbons (Fsp3) is 0.512. The zero-order valence-electron chi connectivity index (χ0n) is 33.9. The Bertz CT molecular complexity index is 2090. The number of amides is 1. The Morgan fingerprint density at radius 2 is 1.54 bits per heavy atom. The molecule has 0 radical (unpaired) electrons. The van der Waals surface area contributed by atoms with Gasteiger partial charge in [-0.2, -0.15) is 8.42 Å². The van der Waals surface area contributed by atoms with Gasteiger partial charge in [-0.25, -0.2) is 9.17 Å². The molecule has 4 aromatic rings. The summed E-state index contributed by atoms with van der Waals surface area (Å²) in [5, 5.41) is 3.72. The van der Waals surface area contributed by atoms with Crippen LogP contribution in [0.1, 0.15) is 48.5 Å². The summed E-state index contributed by atoms with van der Waals surface area (Å²) in [5.41, 5.74) is 2.07. The molecular formula is C41H55N5O10S. The van der Waals surface area contributed by atoms with E-state index < -0.39 is 27.7 Å². The summed E-state index contributed by atoms with van der Waals surface area (Å²) in [5.74, 6) is 2.34. The van der Waals surface area contributed by atoms with E-state index in [-0.39, 0.29) is 18.2 Å². The van der Waals surface area contributed by atoms with Gasteiger partial charge in [0.2, 0.25) is 11.7 Å². The van der Waals surface area contributed by atoms with Crippen LogP contribution in [0.4, 0.5) is 5.95 Å². The molecule has 1 amide bonds. The quantitative estimate of drug-likeness (QED) is 0.104. The number of carbonyl (C=O) groups is 1. The second kappa shape index (κ2) is 18.2. The summed E-state index contributed by atoms with van der Waals surface area (Å²) in [6, 6.07) is 17.0. The Morgan fingerprint density at radius 1 is 0.860 bits per heavy atom. The number of aromatic nitrogens is 2. The van der Waals surface area contributed by atoms with Crippen molar-refractivity contribution in [2.24, 2.45) is 0 Å². The lowest BCUT2D eigenvalue weighted by Gasteiger charge is -2.40. The van der Waals surface area contributed by atoms with E-state index in [4.69, 9.17) is 37.6 Å². The molecule has 1 aromatic heterocycles. The molecule has 0 aliphatic carbocycles. The average molecular weight is 810 g/mol. The summed E-state index contributed by atoms with van der Waals surface area (Å²) >= 11 is 0. The van der Waals surface area contributed by atoms with Crippen LogP contribution in [0.3, 0.4) is 0 Å². The van der Waals surface area contributed by atoms with Gasteiger partial charge in [0, 0.05) is 49.8 Å². The minimum Gasteiger partial charge on any atom is -0.493 e. The van der Waals surface area contributed by atoms with Gasteiger partial charge in [0.1, 0.15) is 0 Å². The molecule has 2 aliphatic rings. The standard InChI is InChI=1S/C41H55N5O10S/c1-8-55-24-23-45-32-12-10-9-11-31(32)43-40(45)42-30-15-19-44(20-16-30)21-17-41(29-13-14-33(50-2)34(27-29)51-3)18-22-46(39(41)56-57(7,48)49)38(47)28-25-35(52-4)37(54-6)36(26-28)53-5/h9-14,25-27,30,39H,8,15-24H2,1-7H3,(H,42,43). The molecule has 0 spiro atoms. The number of benzene rings is 3. The normalized spacial score (nSPS) is 19.1. The van der Waals surface area contributed by atoms with E-state index in [1.54, 1.807) is 32.4 Å². The minimum absolute atomic E-state index is 0.211. The first-order valence-electron chi connectivity index (χ1n) is 19.2. The predicted octanol–water partition coefficient (Wildman–Crippen LogP) is 5.17. The van der Waals surface area contributed by atoms with E-state index in [1.165, 1.54) is 26.2 Å². The van der Waals surface area contributed by atoms with E-state index in [0.29, 0.717) is 67.9 Å². The van der Waals surface area contributed by atoms with Crippen molar-refractivity contribution in [3.8, 4) is 28.7 Å². The van der Waals surface area contributed by atoms with Gasteiger partial charge in [-0.3, -0.25) is 4.79 Å². The number of para-hydroxylation sites is 2. The van der Waals surface area contributed by atoms with Gasteiger partial charge >= 0.3 is 0 Å². The van der Waals surface area contributed by atoms with Crippen molar-refractivity contribution < 1.29 is 45.8 Å². The topological polar surface area (TPSA) is 152 Å². The second-order valence-corrected chi connectivity index (χ2v) is 15.9. The van der Waals surface area contributed by atoms with Crippen LogP contribution >= 0.6 is 0 Å². The predicted molar refractivity (Wildman–Crippen MR) is 217 cm³/mol. The molecule has 15 nitrogen and oxygen atoms in total. The number of carbonyl (C=O) groups excluding carboxylic acids is 1. The van der Waals surface area contributed by atoms with Gasteiger partial charge in [0.15, 0.2) is 29.2 Å². The number of piperidine rings is 1. The number of methoxy groups -OCH3 is 5. The van der Waals surface area contributed by atoms with E-state index >= 15 is 0 Å². The van der Waals surface area contributed by atoms with E-state index in [1.807, 2.05) is 37.3 Å². The molecule has 1 N–H and O–H groups in total. The number of fused-ring (bicyclic) bond motifs is 1. The van der Waals surface area contributed by atoms with E-state index in [9.17, 15) is 13.2 Å². The molecular weight excluding hydrogens is 755 g/mol. The summed E-state index contributed by atoms with van der Waals surface area (Å²) in [4.78, 5) is 23.3. The monoisotopic (exact) mass is 809 g/mol. The molecule has 2 atom stereocenters. The van der Waals surface area contributed by atoms with Crippen LogP contribution in [0.2, 0.25) is 0 Å². The SMILES string of the molecule is CCOCCn1c(NC2CCN(CCC3(c4ccc(OC)c(OC)c4)CCN(C(=O)c4cc(OC)c(OC)c(OC)c4)C3OS(C)(=O)=O)CC2)nc2ccccc21. The van der Waals surface area contributed by atoms with Crippen molar-refractivity contribution in [1.82, 2.24) is 19.4 Å². The molecule has 6 rings (SSSR count). The van der Waals surface area contributed by atoms with Gasteiger partial charge in [-0.05, 0) is 81.1 Å². The average Bonchev–Trinajstić information content (AvgIpc) is 3.76. The van der Waals surface area contributed by atoms with E-state index in [0.717, 1.165) is 54.7 Å². The molecule has 310 valence electrons. The molecule has 2 fully saturated rings. The Kier molecular flexibility index (Phi) is 13.4. The molecule has 3 aromatic carbocycles. The molecule has 2 saturated heterocycles. The lowest BCUT2D eigenvalue weighted by Crippen LogP contribution is -2.50. The van der Waals surface area contributed by atoms with Crippen LogP contribution in [0.15, 0.2) is 54.6 Å². The highest BCUT2D eigenvalue weighted by Crippen LogP contribution is 2.48. The fourth-order valence-corrected chi connectivity index (χ4v) is 8.75. The first-order chi connectivity index (χ1) is 27.5. The summed E-state index contributed by atoms with van der Waals surface area (Å²) in [7, 11) is 3.48. The van der Waals surface area contributed by atoms with E-state index in [2.05, 4.69) is 20.9 Å². The molecule has 3 heterocycles. The summed E-state index contributed by atoms with van der Waals surface area (Å²) < 4.78 is 67.8. The Hall–Kier alpha value is -4.77. The molecule has 0 bridgehead atoms. The maximum atomic E-state index is 14.5. The molecule has 57 heavy (non-hydrogen) atoms. The van der Waals surface area contributed by atoms with Crippen LogP contribution < -0.4 is 29.0 Å². The number of rotatable bonds is 18. The van der Waals surface area contributed by atoms with Gasteiger partial charge in [0.05, 0.1) is 59.4 Å². The van der Waals surface area contributed by atoms with Crippen LogP contribution in [-0.4, -0.2) is 127 Å². The first-order valence-corrected chi connectivity index (χ1v) is 21.0. The van der Waals surface area contributed by atoms with Crippen LogP contribution in [0.25, 0.3) is 11.0 Å². The summed E-state index contributed by atoms with van der Waals surface area (Å²) in [6.45, 7) is 6.42. The molecule has 16 heteroatoms. The minimum atomic E-state index is -4.06. The number of hydrogen-bond donors (Lipinski definition) is 1. The molecule has 2 aliphatic heterocycles. The highest BCUT2D eigenvalue weighted by molar-refractivity contribution is 7.86. The van der Waals surface area contributed by atoms with Crippen molar-refractivity contribution in [3.63, 3.8) is 0 Å².